The molecule has 0 spiro atoms. The minimum Gasteiger partial charge on any atom is -0.329 e. The summed E-state index contributed by atoms with van der Waals surface area (Å²) in [5.41, 5.74) is 2.13. The summed E-state index contributed by atoms with van der Waals surface area (Å²) in [6.45, 7) is 4.16. The number of anilines is 2. The van der Waals surface area contributed by atoms with Gasteiger partial charge in [-0.1, -0.05) is 30.3 Å². The van der Waals surface area contributed by atoms with Gasteiger partial charge in [-0.25, -0.2) is 14.5 Å². The van der Waals surface area contributed by atoms with Crippen LogP contribution in [-0.2, 0) is 22.6 Å². The molecular weight excluding hydrogens is 410 g/mol. The average molecular weight is 435 g/mol. The Morgan fingerprint density at radius 3 is 2.53 bits per heavy atom. The van der Waals surface area contributed by atoms with Crippen LogP contribution in [0, 0.1) is 0 Å². The van der Waals surface area contributed by atoms with E-state index < -0.39 is 17.5 Å². The summed E-state index contributed by atoms with van der Waals surface area (Å²) in [4.78, 5) is 52.2. The normalized spacial score (nSPS) is 16.9. The van der Waals surface area contributed by atoms with Crippen molar-refractivity contribution in [2.45, 2.75) is 32.4 Å². The van der Waals surface area contributed by atoms with Crippen LogP contribution in [0.4, 0.5) is 21.0 Å². The van der Waals surface area contributed by atoms with Gasteiger partial charge in [0.25, 0.3) is 5.91 Å². The van der Waals surface area contributed by atoms with E-state index in [0.29, 0.717) is 24.5 Å². The average Bonchev–Trinajstić information content (AvgIpc) is 2.98. The molecule has 32 heavy (non-hydrogen) atoms. The van der Waals surface area contributed by atoms with Gasteiger partial charge in [0.05, 0.1) is 12.2 Å². The van der Waals surface area contributed by atoms with Gasteiger partial charge in [0.2, 0.25) is 5.91 Å². The molecule has 0 aromatic heterocycles. The van der Waals surface area contributed by atoms with Crippen molar-refractivity contribution in [1.29, 1.82) is 0 Å². The molecule has 2 aliphatic heterocycles. The molecule has 0 unspecified atom stereocenters. The highest BCUT2D eigenvalue weighted by Gasteiger charge is 2.45. The lowest BCUT2D eigenvalue weighted by molar-refractivity contribution is -0.121. The van der Waals surface area contributed by atoms with Gasteiger partial charge < -0.3 is 20.9 Å². The Morgan fingerprint density at radius 2 is 1.81 bits per heavy atom. The number of carbonyl (C=O) groups is 4. The summed E-state index contributed by atoms with van der Waals surface area (Å²) < 4.78 is 0. The molecule has 2 aromatic rings. The molecule has 1 saturated heterocycles. The van der Waals surface area contributed by atoms with Crippen molar-refractivity contribution in [3.63, 3.8) is 0 Å². The van der Waals surface area contributed by atoms with Gasteiger partial charge in [-0.3, -0.25) is 9.59 Å². The number of rotatable bonds is 4. The van der Waals surface area contributed by atoms with E-state index in [4.69, 9.17) is 0 Å². The zero-order valence-electron chi connectivity index (χ0n) is 18.0. The van der Waals surface area contributed by atoms with Crippen LogP contribution in [-0.4, -0.2) is 47.4 Å². The largest absolute Gasteiger partial charge is 0.329 e. The van der Waals surface area contributed by atoms with Gasteiger partial charge in [-0.05, 0) is 49.6 Å². The molecular formula is C23H25N5O4. The summed E-state index contributed by atoms with van der Waals surface area (Å²) in [5, 5.41) is 7.95. The van der Waals surface area contributed by atoms with Crippen LogP contribution in [0.5, 0.6) is 0 Å². The first kappa shape index (κ1) is 21.4. The molecule has 0 saturated carbocycles. The topological polar surface area (TPSA) is 111 Å². The predicted octanol–water partition coefficient (Wildman–Crippen LogP) is 2.23. The fourth-order valence-corrected chi connectivity index (χ4v) is 3.85. The Hall–Kier alpha value is -3.88. The molecule has 2 heterocycles. The maximum Gasteiger partial charge on any atom is 0.329 e. The van der Waals surface area contributed by atoms with Crippen LogP contribution in [0.3, 0.4) is 0 Å². The fourth-order valence-electron chi connectivity index (χ4n) is 3.85. The van der Waals surface area contributed by atoms with Gasteiger partial charge in [0.1, 0.15) is 5.54 Å². The molecule has 166 valence electrons. The summed E-state index contributed by atoms with van der Waals surface area (Å²) in [6, 6.07) is 13.6. The molecule has 2 aromatic carbocycles. The minimum absolute atomic E-state index is 0.197. The maximum atomic E-state index is 12.5. The quantitative estimate of drug-likeness (QED) is 0.640. The molecule has 6 amide bonds. The lowest BCUT2D eigenvalue weighted by atomic mass is 10.0. The number of hydrogen-bond acceptors (Lipinski definition) is 4. The Labute approximate surface area is 185 Å². The van der Waals surface area contributed by atoms with Gasteiger partial charge in [-0.15, -0.1) is 0 Å². The smallest absolute Gasteiger partial charge is 0.329 e. The van der Waals surface area contributed by atoms with Gasteiger partial charge >= 0.3 is 12.1 Å². The highest BCUT2D eigenvalue weighted by molar-refractivity contribution is 6.23. The SMILES string of the molecule is CC1(C)NC(=O)N(c2cccc(NC(=O)CNC(=O)N3CCc4ccccc4C3)c2)C1=O. The molecule has 9 nitrogen and oxygen atoms in total. The van der Waals surface area contributed by atoms with Crippen molar-refractivity contribution in [2.75, 3.05) is 23.3 Å². The van der Waals surface area contributed by atoms with Crippen LogP contribution in [0.25, 0.3) is 0 Å². The lowest BCUT2D eigenvalue weighted by Gasteiger charge is -2.28. The molecule has 0 atom stereocenters. The van der Waals surface area contributed by atoms with Crippen LogP contribution >= 0.6 is 0 Å². The van der Waals surface area contributed by atoms with Gasteiger partial charge in [-0.2, -0.15) is 0 Å². The number of benzene rings is 2. The van der Waals surface area contributed by atoms with Crippen molar-refractivity contribution >= 4 is 35.3 Å². The number of fused-ring (bicyclic) bond motifs is 1. The van der Waals surface area contributed by atoms with Crippen molar-refractivity contribution in [1.82, 2.24) is 15.5 Å². The Bertz CT molecular complexity index is 1100. The lowest BCUT2D eigenvalue weighted by Crippen LogP contribution is -2.45. The van der Waals surface area contributed by atoms with Crippen molar-refractivity contribution in [2.24, 2.45) is 0 Å². The van der Waals surface area contributed by atoms with E-state index in [1.54, 1.807) is 43.0 Å². The first-order chi connectivity index (χ1) is 15.2. The van der Waals surface area contributed by atoms with E-state index in [-0.39, 0.29) is 18.5 Å². The third-order valence-corrected chi connectivity index (χ3v) is 5.57. The second kappa shape index (κ2) is 8.33. The van der Waals surface area contributed by atoms with Crippen molar-refractivity contribution in [3.8, 4) is 0 Å². The van der Waals surface area contributed by atoms with Crippen LogP contribution in [0.15, 0.2) is 48.5 Å². The molecule has 0 aliphatic carbocycles. The molecule has 0 bridgehead atoms. The molecule has 3 N–H and O–H groups in total. The predicted molar refractivity (Wildman–Crippen MR) is 119 cm³/mol. The second-order valence-corrected chi connectivity index (χ2v) is 8.39. The number of nitrogens with one attached hydrogen (secondary N) is 3. The standard InChI is InChI=1S/C23H25N5O4/c1-23(2)20(30)28(22(32)26-23)18-9-5-8-17(12-18)25-19(29)13-24-21(31)27-11-10-15-6-3-4-7-16(15)14-27/h3-9,12H,10-11,13-14H2,1-2H3,(H,24,31)(H,25,29)(H,26,32). The van der Waals surface area contributed by atoms with Crippen LogP contribution in [0.2, 0.25) is 0 Å². The highest BCUT2D eigenvalue weighted by atomic mass is 16.2. The summed E-state index contributed by atoms with van der Waals surface area (Å²) in [7, 11) is 0. The minimum atomic E-state index is -0.990. The number of hydrogen-bond donors (Lipinski definition) is 3. The fraction of sp³-hybridized carbons (Fsp3) is 0.304. The van der Waals surface area contributed by atoms with Crippen LogP contribution in [0.1, 0.15) is 25.0 Å². The first-order valence-electron chi connectivity index (χ1n) is 10.4. The molecule has 4 rings (SSSR count). The highest BCUT2D eigenvalue weighted by Crippen LogP contribution is 2.26. The maximum absolute atomic E-state index is 12.5. The number of urea groups is 2. The van der Waals surface area contributed by atoms with E-state index >= 15 is 0 Å². The van der Waals surface area contributed by atoms with E-state index in [1.165, 1.54) is 5.56 Å². The third kappa shape index (κ3) is 4.27. The molecule has 2 aliphatic rings. The van der Waals surface area contributed by atoms with E-state index in [1.807, 2.05) is 18.2 Å². The Morgan fingerprint density at radius 1 is 1.06 bits per heavy atom. The zero-order chi connectivity index (χ0) is 22.9. The van der Waals surface area contributed by atoms with Gasteiger partial charge in [0.15, 0.2) is 0 Å². The molecule has 0 radical (unpaired) electrons. The van der Waals surface area contributed by atoms with E-state index in [2.05, 4.69) is 22.0 Å². The Balaban J connectivity index is 1.33. The van der Waals surface area contributed by atoms with Crippen LogP contribution < -0.4 is 20.9 Å². The molecule has 1 fully saturated rings. The summed E-state index contributed by atoms with van der Waals surface area (Å²) >= 11 is 0. The summed E-state index contributed by atoms with van der Waals surface area (Å²) in [5.74, 6) is -0.785. The number of carbonyl (C=O) groups excluding carboxylic acids is 4. The van der Waals surface area contributed by atoms with E-state index in [0.717, 1.165) is 16.9 Å². The number of nitrogens with zero attached hydrogens (tertiary/aromatic N) is 2. The first-order valence-corrected chi connectivity index (χ1v) is 10.4. The Kier molecular flexibility index (Phi) is 5.56. The van der Waals surface area contributed by atoms with Crippen molar-refractivity contribution < 1.29 is 19.2 Å². The second-order valence-electron chi connectivity index (χ2n) is 8.39. The zero-order valence-corrected chi connectivity index (χ0v) is 18.0. The number of imide groups is 1. The molecule has 9 heteroatoms. The van der Waals surface area contributed by atoms with Gasteiger partial charge in [0, 0.05) is 18.8 Å². The summed E-state index contributed by atoms with van der Waals surface area (Å²) in [6.07, 6.45) is 0.780. The van der Waals surface area contributed by atoms with Crippen molar-refractivity contribution in [3.05, 3.63) is 59.7 Å². The third-order valence-electron chi connectivity index (χ3n) is 5.57. The van der Waals surface area contributed by atoms with E-state index in [9.17, 15) is 19.2 Å². The monoisotopic (exact) mass is 435 g/mol. The number of amides is 6.